The van der Waals surface area contributed by atoms with Crippen molar-refractivity contribution in [2.24, 2.45) is 17.8 Å². The summed E-state index contributed by atoms with van der Waals surface area (Å²) in [6.45, 7) is 0. The van der Waals surface area contributed by atoms with Crippen molar-refractivity contribution in [3.63, 3.8) is 0 Å². The standard InChI is InChI=1S/C13H12ClF2NO3S/c14-21(19,20)6-4-9(15)12(10(16)5-6)17-13(18)11-7-2-1-3-8(7)11/h4-5,7-8,11H,1-3H2,(H,17,18). The van der Waals surface area contributed by atoms with Crippen LogP contribution in [-0.2, 0) is 13.8 Å². The molecular weight excluding hydrogens is 324 g/mol. The van der Waals surface area contributed by atoms with E-state index in [1.165, 1.54) is 0 Å². The van der Waals surface area contributed by atoms with Gasteiger partial charge in [-0.15, -0.1) is 0 Å². The second kappa shape index (κ2) is 4.91. The summed E-state index contributed by atoms with van der Waals surface area (Å²) in [6, 6.07) is 1.18. The zero-order valence-electron chi connectivity index (χ0n) is 10.8. The van der Waals surface area contributed by atoms with Gasteiger partial charge >= 0.3 is 0 Å². The number of carbonyl (C=O) groups is 1. The predicted molar refractivity (Wildman–Crippen MR) is 72.3 cm³/mol. The molecule has 0 aromatic heterocycles. The second-order valence-corrected chi connectivity index (χ2v) is 8.04. The number of hydrogen-bond donors (Lipinski definition) is 1. The van der Waals surface area contributed by atoms with Gasteiger partial charge < -0.3 is 5.32 Å². The van der Waals surface area contributed by atoms with E-state index >= 15 is 0 Å². The van der Waals surface area contributed by atoms with Crippen LogP contribution in [0.15, 0.2) is 17.0 Å². The largest absolute Gasteiger partial charge is 0.321 e. The van der Waals surface area contributed by atoms with Gasteiger partial charge in [-0.1, -0.05) is 6.42 Å². The van der Waals surface area contributed by atoms with Crippen LogP contribution in [0.1, 0.15) is 19.3 Å². The molecular formula is C13H12ClF2NO3S. The number of fused-ring (bicyclic) bond motifs is 1. The number of rotatable bonds is 3. The van der Waals surface area contributed by atoms with Crippen molar-refractivity contribution >= 4 is 31.3 Å². The lowest BCUT2D eigenvalue weighted by atomic mass is 10.1. The summed E-state index contributed by atoms with van der Waals surface area (Å²) in [5.74, 6) is -2.28. The van der Waals surface area contributed by atoms with Gasteiger partial charge in [0.1, 0.15) is 5.69 Å². The monoisotopic (exact) mass is 335 g/mol. The molecule has 1 aromatic rings. The van der Waals surface area contributed by atoms with Crippen LogP contribution < -0.4 is 5.32 Å². The minimum Gasteiger partial charge on any atom is -0.321 e. The lowest BCUT2D eigenvalue weighted by molar-refractivity contribution is -0.118. The van der Waals surface area contributed by atoms with E-state index in [-0.39, 0.29) is 5.92 Å². The molecule has 1 aromatic carbocycles. The molecule has 0 bridgehead atoms. The lowest BCUT2D eigenvalue weighted by Gasteiger charge is -2.09. The molecule has 2 aliphatic rings. The van der Waals surface area contributed by atoms with Crippen LogP contribution in [0.3, 0.4) is 0 Å². The number of carbonyl (C=O) groups excluding carboxylic acids is 1. The van der Waals surface area contributed by atoms with Crippen molar-refractivity contribution in [3.8, 4) is 0 Å². The Hall–Kier alpha value is -1.21. The summed E-state index contributed by atoms with van der Waals surface area (Å²) in [7, 11) is 0.807. The molecule has 8 heteroatoms. The average molecular weight is 336 g/mol. The van der Waals surface area contributed by atoms with Crippen molar-refractivity contribution in [1.29, 1.82) is 0 Å². The zero-order chi connectivity index (χ0) is 15.4. The first-order valence-corrected chi connectivity index (χ1v) is 8.84. The number of hydrogen-bond acceptors (Lipinski definition) is 3. The van der Waals surface area contributed by atoms with Crippen LogP contribution in [0.25, 0.3) is 0 Å². The number of anilines is 1. The molecule has 2 unspecified atom stereocenters. The van der Waals surface area contributed by atoms with E-state index in [9.17, 15) is 22.0 Å². The van der Waals surface area contributed by atoms with Gasteiger partial charge in [0.25, 0.3) is 9.05 Å². The number of benzene rings is 1. The van der Waals surface area contributed by atoms with Gasteiger partial charge in [0.05, 0.1) is 4.90 Å². The summed E-state index contributed by atoms with van der Waals surface area (Å²) in [5, 5.41) is 2.22. The second-order valence-electron chi connectivity index (χ2n) is 5.47. The molecule has 0 heterocycles. The highest BCUT2D eigenvalue weighted by atomic mass is 35.7. The molecule has 2 fully saturated rings. The van der Waals surface area contributed by atoms with Gasteiger partial charge in [0.15, 0.2) is 11.6 Å². The summed E-state index contributed by atoms with van der Waals surface area (Å²) < 4.78 is 49.7. The molecule has 114 valence electrons. The Bertz CT molecular complexity index is 689. The number of halogens is 3. The maximum atomic E-state index is 13.8. The van der Waals surface area contributed by atoms with Gasteiger partial charge in [-0.05, 0) is 36.8 Å². The van der Waals surface area contributed by atoms with Crippen LogP contribution >= 0.6 is 10.7 Å². The minimum atomic E-state index is -4.23. The summed E-state index contributed by atoms with van der Waals surface area (Å²) >= 11 is 0. The van der Waals surface area contributed by atoms with Crippen LogP contribution in [-0.4, -0.2) is 14.3 Å². The molecule has 0 saturated heterocycles. The first kappa shape index (κ1) is 14.7. The summed E-state index contributed by atoms with van der Waals surface area (Å²) in [6.07, 6.45) is 3.03. The van der Waals surface area contributed by atoms with Crippen molar-refractivity contribution in [1.82, 2.24) is 0 Å². The quantitative estimate of drug-likeness (QED) is 0.864. The van der Waals surface area contributed by atoms with Gasteiger partial charge in [-0.2, -0.15) is 0 Å². The maximum Gasteiger partial charge on any atom is 0.261 e. The molecule has 2 atom stereocenters. The summed E-state index contributed by atoms with van der Waals surface area (Å²) in [4.78, 5) is 11.3. The van der Waals surface area contributed by atoms with Crippen molar-refractivity contribution < 1.29 is 22.0 Å². The number of amides is 1. The normalized spacial score (nSPS) is 27.3. The topological polar surface area (TPSA) is 63.2 Å². The van der Waals surface area contributed by atoms with Crippen molar-refractivity contribution in [3.05, 3.63) is 23.8 Å². The van der Waals surface area contributed by atoms with E-state index in [1.807, 2.05) is 0 Å². The summed E-state index contributed by atoms with van der Waals surface area (Å²) in [5.41, 5.74) is -0.631. The predicted octanol–water partition coefficient (Wildman–Crippen LogP) is 2.88. The first-order chi connectivity index (χ1) is 9.79. The molecule has 4 nitrogen and oxygen atoms in total. The first-order valence-electron chi connectivity index (χ1n) is 6.53. The van der Waals surface area contributed by atoms with Crippen LogP contribution in [0.2, 0.25) is 0 Å². The molecule has 3 rings (SSSR count). The lowest BCUT2D eigenvalue weighted by Crippen LogP contribution is -2.18. The van der Waals surface area contributed by atoms with Crippen LogP contribution in [0, 0.1) is 29.4 Å². The van der Waals surface area contributed by atoms with Crippen LogP contribution in [0.5, 0.6) is 0 Å². The molecule has 0 radical (unpaired) electrons. The minimum absolute atomic E-state index is 0.186. The van der Waals surface area contributed by atoms with Gasteiger partial charge in [0, 0.05) is 16.6 Å². The van der Waals surface area contributed by atoms with Crippen molar-refractivity contribution in [2.75, 3.05) is 5.32 Å². The molecule has 21 heavy (non-hydrogen) atoms. The van der Waals surface area contributed by atoms with E-state index in [4.69, 9.17) is 10.7 Å². The Balaban J connectivity index is 1.81. The third-order valence-corrected chi connectivity index (χ3v) is 5.59. The smallest absolute Gasteiger partial charge is 0.261 e. The van der Waals surface area contributed by atoms with Crippen molar-refractivity contribution in [2.45, 2.75) is 24.2 Å². The highest BCUT2D eigenvalue weighted by Gasteiger charge is 2.56. The molecule has 0 spiro atoms. The Morgan fingerprint density at radius 2 is 1.71 bits per heavy atom. The fraction of sp³-hybridized carbons (Fsp3) is 0.462. The fourth-order valence-electron chi connectivity index (χ4n) is 3.23. The molecule has 0 aliphatic heterocycles. The van der Waals surface area contributed by atoms with E-state index in [0.29, 0.717) is 24.0 Å². The average Bonchev–Trinajstić information content (AvgIpc) is 2.86. The van der Waals surface area contributed by atoms with Gasteiger partial charge in [-0.25, -0.2) is 17.2 Å². The molecule has 1 amide bonds. The fourth-order valence-corrected chi connectivity index (χ4v) is 3.98. The zero-order valence-corrected chi connectivity index (χ0v) is 12.3. The third-order valence-electron chi connectivity index (χ3n) is 4.25. The van der Waals surface area contributed by atoms with E-state index in [0.717, 1.165) is 19.3 Å². The van der Waals surface area contributed by atoms with Crippen LogP contribution in [0.4, 0.5) is 14.5 Å². The van der Waals surface area contributed by atoms with E-state index < -0.39 is 37.2 Å². The Labute approximate surface area is 124 Å². The molecule has 2 aliphatic carbocycles. The molecule has 2 saturated carbocycles. The van der Waals surface area contributed by atoms with E-state index in [1.54, 1.807) is 0 Å². The SMILES string of the molecule is O=C(Nc1c(F)cc(S(=O)(=O)Cl)cc1F)C1C2CCCC21. The Kier molecular flexibility index (Phi) is 3.44. The Morgan fingerprint density at radius 1 is 1.19 bits per heavy atom. The maximum absolute atomic E-state index is 13.8. The highest BCUT2D eigenvalue weighted by molar-refractivity contribution is 8.13. The molecule has 1 N–H and O–H groups in total. The van der Waals surface area contributed by atoms with E-state index in [2.05, 4.69) is 5.32 Å². The van der Waals surface area contributed by atoms with Gasteiger partial charge in [-0.3, -0.25) is 4.79 Å². The van der Waals surface area contributed by atoms with Gasteiger partial charge in [0.2, 0.25) is 5.91 Å². The third kappa shape index (κ3) is 2.64. The highest BCUT2D eigenvalue weighted by Crippen LogP contribution is 2.57. The number of nitrogens with one attached hydrogen (secondary N) is 1. The Morgan fingerprint density at radius 3 is 2.19 bits per heavy atom.